The molecule has 7 heteroatoms. The van der Waals surface area contributed by atoms with E-state index in [1.807, 2.05) is 0 Å². The summed E-state index contributed by atoms with van der Waals surface area (Å²) in [5, 5.41) is 7.33. The molecule has 0 aliphatic rings. The number of halogens is 4. The van der Waals surface area contributed by atoms with Gasteiger partial charge in [0.15, 0.2) is 0 Å². The first-order valence-electron chi connectivity index (χ1n) is 1.97. The van der Waals surface area contributed by atoms with Gasteiger partial charge >= 0.3 is 12.0 Å². The highest BCUT2D eigenvalue weighted by molar-refractivity contribution is 5.82. The van der Waals surface area contributed by atoms with Crippen LogP contribution in [0.15, 0.2) is 0 Å². The predicted octanol–water partition coefficient (Wildman–Crippen LogP) is -0.308. The van der Waals surface area contributed by atoms with Gasteiger partial charge in [-0.25, -0.2) is 0 Å². The lowest BCUT2D eigenvalue weighted by molar-refractivity contribution is -0.310. The molecule has 60 valence electrons. The van der Waals surface area contributed by atoms with Gasteiger partial charge in [0.05, 0.1) is 0 Å². The molecule has 0 atom stereocenters. The van der Waals surface area contributed by atoms with E-state index in [2.05, 4.69) is 5.73 Å². The topological polar surface area (TPSA) is 63.3 Å². The van der Waals surface area contributed by atoms with Crippen LogP contribution in [-0.2, 0) is 4.79 Å². The molecule has 1 amide bonds. The number of carbonyl (C=O) groups is 1. The number of nitrogens with two attached hydrogens (primary N) is 1. The molecule has 0 heterocycles. The third kappa shape index (κ3) is 1.35. The molecule has 0 aromatic carbocycles. The van der Waals surface area contributed by atoms with E-state index < -0.39 is 17.9 Å². The number of rotatable bonds is 2. The normalized spacial score (nSPS) is 13.3. The molecule has 0 radical (unpaired) electrons. The molecule has 0 bridgehead atoms. The Balaban J connectivity index is 4.57. The molecule has 0 rings (SSSR count). The van der Waals surface area contributed by atoms with E-state index in [1.54, 1.807) is 0 Å². The van der Waals surface area contributed by atoms with Crippen LogP contribution in [0.25, 0.3) is 0 Å². The first-order valence-corrected chi connectivity index (χ1v) is 1.97. The zero-order valence-electron chi connectivity index (χ0n) is 4.44. The van der Waals surface area contributed by atoms with Gasteiger partial charge in [-0.3, -0.25) is 4.79 Å². The molecule has 0 aromatic heterocycles. The Kier molecular flexibility index (Phi) is 1.90. The van der Waals surface area contributed by atoms with Crippen LogP contribution in [0.5, 0.6) is 0 Å². The van der Waals surface area contributed by atoms with Gasteiger partial charge in [0, 0.05) is 0 Å². The van der Waals surface area contributed by atoms with Gasteiger partial charge in [-0.05, 0) is 0 Å². The third-order valence-electron chi connectivity index (χ3n) is 0.687. The Morgan fingerprint density at radius 1 is 1.30 bits per heavy atom. The fraction of sp³-hybridized carbons (Fsp3) is 0.667. The number of alkyl halides is 4. The van der Waals surface area contributed by atoms with E-state index in [-0.39, 0.29) is 0 Å². The van der Waals surface area contributed by atoms with Gasteiger partial charge in [0.25, 0.3) is 5.91 Å². The Morgan fingerprint density at radius 2 is 1.60 bits per heavy atom. The van der Waals surface area contributed by atoms with Gasteiger partial charge in [-0.2, -0.15) is 17.6 Å². The van der Waals surface area contributed by atoms with Crippen LogP contribution in [0, 0.1) is 0 Å². The molecule has 0 unspecified atom stereocenters. The summed E-state index contributed by atoms with van der Waals surface area (Å²) in [7, 11) is 0. The first kappa shape index (κ1) is 9.15. The maximum Gasteiger partial charge on any atom is 0.426 e. The SMILES string of the molecule is NC(=O)C(F)(F)C(O)(F)F. The van der Waals surface area contributed by atoms with Crippen LogP contribution in [0.4, 0.5) is 17.6 Å². The van der Waals surface area contributed by atoms with Crippen LogP contribution in [0.1, 0.15) is 0 Å². The average molecular weight is 161 g/mol. The summed E-state index contributed by atoms with van der Waals surface area (Å²) in [6.45, 7) is 0. The zero-order valence-corrected chi connectivity index (χ0v) is 4.44. The Morgan fingerprint density at radius 3 is 1.60 bits per heavy atom. The first-order chi connectivity index (χ1) is 4.19. The van der Waals surface area contributed by atoms with Crippen LogP contribution in [0.2, 0.25) is 0 Å². The summed E-state index contributed by atoms with van der Waals surface area (Å²) >= 11 is 0. The van der Waals surface area contributed by atoms with Gasteiger partial charge < -0.3 is 10.8 Å². The summed E-state index contributed by atoms with van der Waals surface area (Å²) in [6.07, 6.45) is -5.39. The van der Waals surface area contributed by atoms with Gasteiger partial charge in [-0.1, -0.05) is 0 Å². The van der Waals surface area contributed by atoms with Crippen molar-refractivity contribution in [1.29, 1.82) is 0 Å². The number of primary amides is 1. The lowest BCUT2D eigenvalue weighted by Gasteiger charge is -2.16. The minimum atomic E-state index is -5.39. The second kappa shape index (κ2) is 2.08. The predicted molar refractivity (Wildman–Crippen MR) is 21.3 cm³/mol. The largest absolute Gasteiger partial charge is 0.426 e. The highest BCUT2D eigenvalue weighted by Crippen LogP contribution is 2.30. The lowest BCUT2D eigenvalue weighted by Crippen LogP contribution is -2.50. The highest BCUT2D eigenvalue weighted by Gasteiger charge is 2.60. The Bertz CT molecular complexity index is 151. The van der Waals surface area contributed by atoms with E-state index in [0.29, 0.717) is 0 Å². The van der Waals surface area contributed by atoms with Crippen molar-refractivity contribution in [2.75, 3.05) is 0 Å². The molecule has 10 heavy (non-hydrogen) atoms. The van der Waals surface area contributed by atoms with Gasteiger partial charge in [0.1, 0.15) is 0 Å². The van der Waals surface area contributed by atoms with Crippen molar-refractivity contribution in [2.45, 2.75) is 12.0 Å². The maximum atomic E-state index is 11.6. The molecular weight excluding hydrogens is 158 g/mol. The molecule has 0 saturated carbocycles. The Hall–Kier alpha value is -0.850. The van der Waals surface area contributed by atoms with Gasteiger partial charge in [-0.15, -0.1) is 0 Å². The van der Waals surface area contributed by atoms with Crippen molar-refractivity contribution < 1.29 is 27.5 Å². The fourth-order valence-electron chi connectivity index (χ4n) is 0.148. The molecule has 0 fully saturated rings. The van der Waals surface area contributed by atoms with E-state index in [0.717, 1.165) is 0 Å². The van der Waals surface area contributed by atoms with Crippen molar-refractivity contribution >= 4 is 5.91 Å². The monoisotopic (exact) mass is 161 g/mol. The van der Waals surface area contributed by atoms with Crippen LogP contribution < -0.4 is 5.73 Å². The number of carbonyl (C=O) groups excluding carboxylic acids is 1. The summed E-state index contributed by atoms with van der Waals surface area (Å²) in [5.41, 5.74) is 3.83. The standard InChI is InChI=1S/C3H3F4NO2/c4-2(5,1(8)9)3(6,7)10/h10H,(H2,8,9). The molecule has 0 aliphatic carbocycles. The second-order valence-electron chi connectivity index (χ2n) is 1.48. The molecule has 0 saturated heterocycles. The Labute approximate surface area is 52.4 Å². The van der Waals surface area contributed by atoms with Crippen molar-refractivity contribution in [3.05, 3.63) is 0 Å². The number of aliphatic hydroxyl groups is 1. The smallest absolute Gasteiger partial charge is 0.364 e. The quantitative estimate of drug-likeness (QED) is 0.545. The summed E-state index contributed by atoms with van der Waals surface area (Å²) in [6, 6.07) is 0. The van der Waals surface area contributed by atoms with Crippen molar-refractivity contribution in [3.63, 3.8) is 0 Å². The highest BCUT2D eigenvalue weighted by atomic mass is 19.3. The molecule has 3 nitrogen and oxygen atoms in total. The third-order valence-corrected chi connectivity index (χ3v) is 0.687. The van der Waals surface area contributed by atoms with E-state index in [4.69, 9.17) is 5.11 Å². The van der Waals surface area contributed by atoms with Gasteiger partial charge in [0.2, 0.25) is 0 Å². The summed E-state index contributed by atoms with van der Waals surface area (Å²) in [5.74, 6) is -7.77. The molecule has 0 spiro atoms. The molecular formula is C3H3F4NO2. The minimum Gasteiger partial charge on any atom is -0.364 e. The average Bonchev–Trinajstić information content (AvgIpc) is 1.62. The second-order valence-corrected chi connectivity index (χ2v) is 1.48. The van der Waals surface area contributed by atoms with Crippen LogP contribution in [-0.4, -0.2) is 23.0 Å². The number of amides is 1. The molecule has 3 N–H and O–H groups in total. The minimum absolute atomic E-state index is 2.57. The van der Waals surface area contributed by atoms with Crippen molar-refractivity contribution in [1.82, 2.24) is 0 Å². The van der Waals surface area contributed by atoms with E-state index >= 15 is 0 Å². The van der Waals surface area contributed by atoms with Crippen LogP contribution in [0.3, 0.4) is 0 Å². The molecule has 0 aliphatic heterocycles. The fourth-order valence-corrected chi connectivity index (χ4v) is 0.148. The summed E-state index contributed by atoms with van der Waals surface area (Å²) < 4.78 is 45.7. The number of hydrogen-bond acceptors (Lipinski definition) is 2. The number of hydrogen-bond donors (Lipinski definition) is 2. The van der Waals surface area contributed by atoms with Crippen LogP contribution >= 0.6 is 0 Å². The summed E-state index contributed by atoms with van der Waals surface area (Å²) in [4.78, 5) is 9.50. The maximum absolute atomic E-state index is 11.6. The lowest BCUT2D eigenvalue weighted by atomic mass is 10.3. The van der Waals surface area contributed by atoms with E-state index in [9.17, 15) is 22.4 Å². The molecule has 0 aromatic rings. The van der Waals surface area contributed by atoms with E-state index in [1.165, 1.54) is 0 Å². The van der Waals surface area contributed by atoms with Crippen molar-refractivity contribution in [2.24, 2.45) is 5.73 Å². The zero-order chi connectivity index (χ0) is 8.58. The van der Waals surface area contributed by atoms with Crippen molar-refractivity contribution in [3.8, 4) is 0 Å².